The van der Waals surface area contributed by atoms with E-state index < -0.39 is 11.2 Å². The molecule has 0 aliphatic carbocycles. The molecule has 0 aliphatic heterocycles. The number of imidazole rings is 1. The lowest BCUT2D eigenvalue weighted by atomic mass is 10.2. The van der Waals surface area contributed by atoms with Crippen LogP contribution < -0.4 is 11.2 Å². The molecule has 0 fully saturated rings. The molecule has 6 nitrogen and oxygen atoms in total. The molecule has 0 aliphatic rings. The Balaban J connectivity index is 1.79. The molecule has 0 atom stereocenters. The highest BCUT2D eigenvalue weighted by molar-refractivity contribution is 7.98. The fourth-order valence-corrected chi connectivity index (χ4v) is 3.92. The maximum atomic E-state index is 13.1. The van der Waals surface area contributed by atoms with Crippen molar-refractivity contribution in [1.82, 2.24) is 19.1 Å². The van der Waals surface area contributed by atoms with Gasteiger partial charge in [-0.3, -0.25) is 14.3 Å². The number of rotatable bonds is 5. The zero-order valence-electron chi connectivity index (χ0n) is 15.1. The zero-order valence-corrected chi connectivity index (χ0v) is 15.9. The van der Waals surface area contributed by atoms with Crippen LogP contribution in [0.15, 0.2) is 69.3 Å². The smallest absolute Gasteiger partial charge is 0.309 e. The predicted octanol–water partition coefficient (Wildman–Crippen LogP) is 2.90. The van der Waals surface area contributed by atoms with E-state index in [1.807, 2.05) is 34.9 Å². The summed E-state index contributed by atoms with van der Waals surface area (Å²) in [7, 11) is 1.58. The highest BCUT2D eigenvalue weighted by atomic mass is 32.2. The van der Waals surface area contributed by atoms with Crippen molar-refractivity contribution in [1.29, 1.82) is 0 Å². The number of H-pyrrole nitrogens is 1. The number of thioether (sulfide) groups is 1. The van der Waals surface area contributed by atoms with Gasteiger partial charge < -0.3 is 4.57 Å². The summed E-state index contributed by atoms with van der Waals surface area (Å²) in [6, 6.07) is 16.0. The molecule has 2 aromatic heterocycles. The number of fused-ring (bicyclic) bond motifs is 1. The lowest BCUT2D eigenvalue weighted by Crippen LogP contribution is -2.29. The van der Waals surface area contributed by atoms with E-state index in [2.05, 4.69) is 9.97 Å². The van der Waals surface area contributed by atoms with E-state index in [-0.39, 0.29) is 5.82 Å². The first-order valence-corrected chi connectivity index (χ1v) is 9.62. The molecule has 2 heterocycles. The van der Waals surface area contributed by atoms with E-state index >= 15 is 0 Å². The molecule has 8 heteroatoms. The number of aromatic nitrogens is 4. The van der Waals surface area contributed by atoms with E-state index in [4.69, 9.17) is 0 Å². The second-order valence-corrected chi connectivity index (χ2v) is 7.31. The number of nitrogens with one attached hydrogen (secondary N) is 1. The molecule has 1 N–H and O–H groups in total. The second-order valence-electron chi connectivity index (χ2n) is 6.37. The van der Waals surface area contributed by atoms with Crippen LogP contribution in [-0.4, -0.2) is 19.1 Å². The van der Waals surface area contributed by atoms with Gasteiger partial charge in [-0.15, -0.1) is 0 Å². The Morgan fingerprint density at radius 3 is 2.46 bits per heavy atom. The van der Waals surface area contributed by atoms with Crippen LogP contribution >= 0.6 is 11.8 Å². The van der Waals surface area contributed by atoms with Crippen LogP contribution in [0.3, 0.4) is 0 Å². The minimum absolute atomic E-state index is 0.286. The molecule has 2 aromatic carbocycles. The number of aromatic amines is 1. The molecular formula is C20H17FN4O2S. The van der Waals surface area contributed by atoms with Crippen molar-refractivity contribution >= 4 is 22.9 Å². The number of halogens is 1. The summed E-state index contributed by atoms with van der Waals surface area (Å²) in [6.07, 6.45) is 0. The van der Waals surface area contributed by atoms with Crippen molar-refractivity contribution < 1.29 is 4.39 Å². The average Bonchev–Trinajstić information content (AvgIpc) is 3.05. The first-order chi connectivity index (χ1) is 13.5. The molecule has 0 spiro atoms. The molecule has 142 valence electrons. The van der Waals surface area contributed by atoms with Crippen molar-refractivity contribution in [2.75, 3.05) is 0 Å². The standard InChI is InChI=1S/C20H17FN4O2S/c1-24-17-16(18(26)23-19(24)27)25(11-13-5-3-2-4-6-13)20(22-17)28-12-14-7-9-15(21)10-8-14/h2-10H,11-12H2,1H3,(H,23,26,27). The third-order valence-electron chi connectivity index (χ3n) is 4.44. The number of hydrogen-bond donors (Lipinski definition) is 1. The van der Waals surface area contributed by atoms with Crippen LogP contribution in [0.2, 0.25) is 0 Å². The summed E-state index contributed by atoms with van der Waals surface area (Å²) in [5.41, 5.74) is 1.68. The number of benzene rings is 2. The molecule has 4 aromatic rings. The van der Waals surface area contributed by atoms with Crippen molar-refractivity contribution in [3.63, 3.8) is 0 Å². The molecule has 0 saturated carbocycles. The Bertz CT molecular complexity index is 1240. The molecule has 0 amide bonds. The third-order valence-corrected chi connectivity index (χ3v) is 5.48. The van der Waals surface area contributed by atoms with Crippen molar-refractivity contribution in [3.8, 4) is 0 Å². The highest BCUT2D eigenvalue weighted by Crippen LogP contribution is 2.26. The Labute approximate surface area is 163 Å². The van der Waals surface area contributed by atoms with Gasteiger partial charge in [0, 0.05) is 12.8 Å². The molecular weight excluding hydrogens is 379 g/mol. The number of nitrogens with zero attached hydrogens (tertiary/aromatic N) is 3. The van der Waals surface area contributed by atoms with E-state index in [1.54, 1.807) is 19.2 Å². The minimum atomic E-state index is -0.503. The Morgan fingerprint density at radius 1 is 1.04 bits per heavy atom. The van der Waals surface area contributed by atoms with Crippen LogP contribution in [0, 0.1) is 5.82 Å². The molecule has 28 heavy (non-hydrogen) atoms. The van der Waals surface area contributed by atoms with Crippen molar-refractivity contribution in [3.05, 3.63) is 92.4 Å². The van der Waals surface area contributed by atoms with Gasteiger partial charge in [-0.2, -0.15) is 0 Å². The Morgan fingerprint density at radius 2 is 1.75 bits per heavy atom. The van der Waals surface area contributed by atoms with Crippen LogP contribution in [0.5, 0.6) is 0 Å². The van der Waals surface area contributed by atoms with E-state index in [9.17, 15) is 14.0 Å². The fraction of sp³-hybridized carbons (Fsp3) is 0.150. The van der Waals surface area contributed by atoms with Crippen LogP contribution in [0.25, 0.3) is 11.2 Å². The molecule has 4 rings (SSSR count). The Kier molecular flexibility index (Phi) is 4.87. The van der Waals surface area contributed by atoms with Gasteiger partial charge in [0.2, 0.25) is 0 Å². The molecule has 0 unspecified atom stereocenters. The van der Waals surface area contributed by atoms with Crippen molar-refractivity contribution in [2.24, 2.45) is 7.05 Å². The predicted molar refractivity (Wildman–Crippen MR) is 107 cm³/mol. The number of aryl methyl sites for hydroxylation is 1. The van der Waals surface area contributed by atoms with Gasteiger partial charge in [0.25, 0.3) is 5.56 Å². The quantitative estimate of drug-likeness (QED) is 0.527. The van der Waals surface area contributed by atoms with Gasteiger partial charge >= 0.3 is 5.69 Å². The largest absolute Gasteiger partial charge is 0.329 e. The normalized spacial score (nSPS) is 11.2. The third kappa shape index (κ3) is 3.50. The SMILES string of the molecule is Cn1c(=O)[nH]c(=O)c2c1nc(SCc1ccc(F)cc1)n2Cc1ccccc1. The van der Waals surface area contributed by atoms with Gasteiger partial charge in [-0.05, 0) is 23.3 Å². The first kappa shape index (κ1) is 18.2. The summed E-state index contributed by atoms with van der Waals surface area (Å²) in [5.74, 6) is 0.274. The van der Waals surface area contributed by atoms with Gasteiger partial charge in [-0.1, -0.05) is 54.2 Å². The average molecular weight is 396 g/mol. The molecule has 0 saturated heterocycles. The summed E-state index contributed by atoms with van der Waals surface area (Å²) < 4.78 is 16.3. The monoisotopic (exact) mass is 396 g/mol. The van der Waals surface area contributed by atoms with Gasteiger partial charge in [0.05, 0.1) is 6.54 Å². The fourth-order valence-electron chi connectivity index (χ4n) is 2.97. The minimum Gasteiger partial charge on any atom is -0.309 e. The zero-order chi connectivity index (χ0) is 19.7. The first-order valence-electron chi connectivity index (χ1n) is 8.63. The van der Waals surface area contributed by atoms with E-state index in [0.29, 0.717) is 28.6 Å². The second kappa shape index (κ2) is 7.47. The van der Waals surface area contributed by atoms with Gasteiger partial charge in [0.1, 0.15) is 5.82 Å². The van der Waals surface area contributed by atoms with Crippen LogP contribution in [-0.2, 0) is 19.3 Å². The van der Waals surface area contributed by atoms with E-state index in [1.165, 1.54) is 28.5 Å². The lowest BCUT2D eigenvalue weighted by molar-refractivity contribution is 0.627. The van der Waals surface area contributed by atoms with Crippen LogP contribution in [0.1, 0.15) is 11.1 Å². The summed E-state index contributed by atoms with van der Waals surface area (Å²) >= 11 is 1.44. The molecule has 0 bridgehead atoms. The summed E-state index contributed by atoms with van der Waals surface area (Å²) in [4.78, 5) is 31.4. The number of hydrogen-bond acceptors (Lipinski definition) is 4. The molecule has 0 radical (unpaired) electrons. The highest BCUT2D eigenvalue weighted by Gasteiger charge is 2.18. The van der Waals surface area contributed by atoms with Crippen molar-refractivity contribution in [2.45, 2.75) is 17.5 Å². The summed E-state index contributed by atoms with van der Waals surface area (Å²) in [6.45, 7) is 0.449. The lowest BCUT2D eigenvalue weighted by Gasteiger charge is -2.09. The topological polar surface area (TPSA) is 72.7 Å². The maximum Gasteiger partial charge on any atom is 0.329 e. The van der Waals surface area contributed by atoms with Crippen LogP contribution in [0.4, 0.5) is 4.39 Å². The van der Waals surface area contributed by atoms with Gasteiger partial charge in [0.15, 0.2) is 16.3 Å². The van der Waals surface area contributed by atoms with Gasteiger partial charge in [-0.25, -0.2) is 14.2 Å². The Hall–Kier alpha value is -3.13. The maximum absolute atomic E-state index is 13.1. The van der Waals surface area contributed by atoms with E-state index in [0.717, 1.165) is 11.1 Å². The summed E-state index contributed by atoms with van der Waals surface area (Å²) in [5, 5.41) is 0.620.